The zero-order chi connectivity index (χ0) is 16.1. The Kier molecular flexibility index (Phi) is 5.65. The van der Waals surface area contributed by atoms with Crippen molar-refractivity contribution in [3.63, 3.8) is 0 Å². The lowest BCUT2D eigenvalue weighted by molar-refractivity contribution is 0.651. The molecule has 23 heavy (non-hydrogen) atoms. The molecule has 118 valence electrons. The first-order valence-corrected chi connectivity index (χ1v) is 9.13. The molecule has 0 bridgehead atoms. The maximum absolute atomic E-state index is 6.72. The first-order chi connectivity index (χ1) is 11.2. The van der Waals surface area contributed by atoms with Gasteiger partial charge < -0.3 is 4.57 Å². The van der Waals surface area contributed by atoms with Crippen molar-refractivity contribution in [2.75, 3.05) is 0 Å². The second-order valence-corrected chi connectivity index (χ2v) is 7.16. The van der Waals surface area contributed by atoms with Gasteiger partial charge in [-0.2, -0.15) is 0 Å². The minimum absolute atomic E-state index is 0.100. The average Bonchev–Trinajstić information content (AvgIpc) is 3.12. The lowest BCUT2D eigenvalue weighted by Crippen LogP contribution is -2.09. The molecular formula is C18H16Cl2N2S. The summed E-state index contributed by atoms with van der Waals surface area (Å²) in [5.41, 5.74) is 2.22. The Balaban J connectivity index is 1.82. The molecule has 0 saturated carbocycles. The summed E-state index contributed by atoms with van der Waals surface area (Å²) in [7, 11) is 0. The molecule has 0 aliphatic carbocycles. The van der Waals surface area contributed by atoms with Gasteiger partial charge in [-0.3, -0.25) is 0 Å². The highest BCUT2D eigenvalue weighted by molar-refractivity contribution is 7.98. The molecule has 5 heteroatoms. The Hall–Kier alpha value is -1.42. The number of hydrogen-bond donors (Lipinski definition) is 0. The van der Waals surface area contributed by atoms with E-state index in [-0.39, 0.29) is 10.8 Å². The van der Waals surface area contributed by atoms with E-state index in [9.17, 15) is 0 Å². The summed E-state index contributed by atoms with van der Waals surface area (Å²) in [6, 6.07) is 18.3. The molecule has 0 aliphatic heterocycles. The fourth-order valence-electron chi connectivity index (χ4n) is 2.32. The molecule has 1 aromatic heterocycles. The van der Waals surface area contributed by atoms with Crippen LogP contribution in [0.4, 0.5) is 0 Å². The van der Waals surface area contributed by atoms with E-state index in [1.165, 1.54) is 5.56 Å². The van der Waals surface area contributed by atoms with E-state index < -0.39 is 0 Å². The van der Waals surface area contributed by atoms with Gasteiger partial charge in [-0.1, -0.05) is 65.7 Å². The van der Waals surface area contributed by atoms with Crippen LogP contribution in [0.5, 0.6) is 0 Å². The Morgan fingerprint density at radius 3 is 2.43 bits per heavy atom. The number of imidazole rings is 1. The highest BCUT2D eigenvalue weighted by atomic mass is 35.5. The van der Waals surface area contributed by atoms with Gasteiger partial charge in [-0.15, -0.1) is 11.8 Å². The van der Waals surface area contributed by atoms with Crippen molar-refractivity contribution in [1.82, 2.24) is 9.55 Å². The maximum atomic E-state index is 6.72. The highest BCUT2D eigenvalue weighted by Gasteiger charge is 2.23. The molecule has 0 saturated heterocycles. The van der Waals surface area contributed by atoms with Crippen molar-refractivity contribution in [1.29, 1.82) is 0 Å². The molecule has 2 nitrogen and oxygen atoms in total. The molecule has 3 rings (SSSR count). The summed E-state index contributed by atoms with van der Waals surface area (Å²) >= 11 is 14.6. The molecule has 0 N–H and O–H groups in total. The molecule has 1 heterocycles. The first kappa shape index (κ1) is 16.4. The number of halogens is 2. The predicted octanol–water partition coefficient (Wildman–Crippen LogP) is 5.95. The van der Waals surface area contributed by atoms with E-state index >= 15 is 0 Å². The summed E-state index contributed by atoms with van der Waals surface area (Å²) in [5.74, 6) is 0.895. The first-order valence-electron chi connectivity index (χ1n) is 7.26. The monoisotopic (exact) mass is 362 g/mol. The van der Waals surface area contributed by atoms with Crippen LogP contribution in [0.2, 0.25) is 5.02 Å². The fraction of sp³-hybridized carbons (Fsp3) is 0.167. The van der Waals surface area contributed by atoms with Gasteiger partial charge in [0, 0.05) is 23.2 Å². The van der Waals surface area contributed by atoms with Crippen LogP contribution >= 0.6 is 35.0 Å². The zero-order valence-electron chi connectivity index (χ0n) is 12.3. The van der Waals surface area contributed by atoms with Gasteiger partial charge in [-0.25, -0.2) is 4.98 Å². The Morgan fingerprint density at radius 2 is 1.78 bits per heavy atom. The van der Waals surface area contributed by atoms with Crippen LogP contribution in [0.25, 0.3) is 0 Å². The zero-order valence-corrected chi connectivity index (χ0v) is 14.7. The largest absolute Gasteiger partial charge is 0.319 e. The Morgan fingerprint density at radius 1 is 1.04 bits per heavy atom. The van der Waals surface area contributed by atoms with Crippen molar-refractivity contribution in [2.24, 2.45) is 0 Å². The fourth-order valence-corrected chi connectivity index (χ4v) is 4.14. The van der Waals surface area contributed by atoms with Crippen LogP contribution in [0.15, 0.2) is 73.3 Å². The molecule has 0 spiro atoms. The Labute approximate surface area is 150 Å². The summed E-state index contributed by atoms with van der Waals surface area (Å²) in [6.45, 7) is 0. The topological polar surface area (TPSA) is 17.8 Å². The maximum Gasteiger partial charge on any atom is 0.125 e. The van der Waals surface area contributed by atoms with E-state index in [2.05, 4.69) is 29.2 Å². The number of alkyl halides is 1. The van der Waals surface area contributed by atoms with Crippen LogP contribution in [0.3, 0.4) is 0 Å². The second-order valence-electron chi connectivity index (χ2n) is 5.15. The van der Waals surface area contributed by atoms with Crippen LogP contribution in [0, 0.1) is 0 Å². The van der Waals surface area contributed by atoms with Gasteiger partial charge in [0.05, 0.1) is 11.6 Å². The Bertz CT molecular complexity index is 715. The minimum atomic E-state index is -0.215. The SMILES string of the molecule is Clc1ccc(C(SCc2ccccc2)C(Cl)n2ccnc2)cc1. The van der Waals surface area contributed by atoms with Crippen molar-refractivity contribution in [3.8, 4) is 0 Å². The standard InChI is InChI=1S/C18H16Cl2N2S/c19-16-8-6-15(7-9-16)17(18(20)22-11-10-21-13-22)23-12-14-4-2-1-3-5-14/h1-11,13,17-18H,12H2. The third kappa shape index (κ3) is 4.31. The lowest BCUT2D eigenvalue weighted by atomic mass is 10.1. The van der Waals surface area contributed by atoms with E-state index in [0.29, 0.717) is 0 Å². The summed E-state index contributed by atoms with van der Waals surface area (Å²) in [6.07, 6.45) is 5.39. The molecule has 0 fully saturated rings. The molecule has 0 amide bonds. The van der Waals surface area contributed by atoms with E-state index in [4.69, 9.17) is 23.2 Å². The highest BCUT2D eigenvalue weighted by Crippen LogP contribution is 2.42. The summed E-state index contributed by atoms with van der Waals surface area (Å²) < 4.78 is 1.93. The molecule has 0 radical (unpaired) electrons. The van der Waals surface area contributed by atoms with Crippen LogP contribution < -0.4 is 0 Å². The third-order valence-electron chi connectivity index (χ3n) is 3.53. The quantitative estimate of drug-likeness (QED) is 0.504. The summed E-state index contributed by atoms with van der Waals surface area (Å²) in [5, 5.41) is 0.831. The van der Waals surface area contributed by atoms with Crippen LogP contribution in [-0.2, 0) is 5.75 Å². The predicted molar refractivity (Wildman–Crippen MR) is 99.0 cm³/mol. The molecule has 2 aromatic carbocycles. The molecule has 0 aliphatic rings. The smallest absolute Gasteiger partial charge is 0.125 e. The van der Waals surface area contributed by atoms with Crippen molar-refractivity contribution >= 4 is 35.0 Å². The van der Waals surface area contributed by atoms with Gasteiger partial charge >= 0.3 is 0 Å². The lowest BCUT2D eigenvalue weighted by Gasteiger charge is -2.23. The molecule has 2 atom stereocenters. The number of benzene rings is 2. The molecular weight excluding hydrogens is 347 g/mol. The van der Waals surface area contributed by atoms with Gasteiger partial charge in [0.15, 0.2) is 0 Å². The van der Waals surface area contributed by atoms with E-state index in [1.54, 1.807) is 12.5 Å². The number of rotatable bonds is 6. The third-order valence-corrected chi connectivity index (χ3v) is 5.80. The van der Waals surface area contributed by atoms with E-state index in [0.717, 1.165) is 16.3 Å². The molecule has 2 unspecified atom stereocenters. The van der Waals surface area contributed by atoms with Crippen LogP contribution in [-0.4, -0.2) is 9.55 Å². The van der Waals surface area contributed by atoms with Gasteiger partial charge in [0.25, 0.3) is 0 Å². The number of aromatic nitrogens is 2. The number of nitrogens with zero attached hydrogens (tertiary/aromatic N) is 2. The van der Waals surface area contributed by atoms with Crippen molar-refractivity contribution in [3.05, 3.63) is 89.5 Å². The minimum Gasteiger partial charge on any atom is -0.319 e. The van der Waals surface area contributed by atoms with Crippen molar-refractivity contribution < 1.29 is 0 Å². The van der Waals surface area contributed by atoms with E-state index in [1.807, 2.05) is 52.9 Å². The normalized spacial score (nSPS) is 13.7. The van der Waals surface area contributed by atoms with Gasteiger partial charge in [0.2, 0.25) is 0 Å². The van der Waals surface area contributed by atoms with Gasteiger partial charge in [-0.05, 0) is 23.3 Å². The summed E-state index contributed by atoms with van der Waals surface area (Å²) in [4.78, 5) is 4.10. The average molecular weight is 363 g/mol. The molecule has 3 aromatic rings. The number of hydrogen-bond acceptors (Lipinski definition) is 2. The van der Waals surface area contributed by atoms with Crippen molar-refractivity contribution in [2.45, 2.75) is 16.5 Å². The van der Waals surface area contributed by atoms with Crippen LogP contribution in [0.1, 0.15) is 21.9 Å². The second kappa shape index (κ2) is 7.91. The number of thioether (sulfide) groups is 1. The van der Waals surface area contributed by atoms with Gasteiger partial charge in [0.1, 0.15) is 5.50 Å².